The highest BCUT2D eigenvalue weighted by atomic mass is 32.2. The molecule has 0 unspecified atom stereocenters. The molecule has 1 amide bonds. The van der Waals surface area contributed by atoms with Crippen LogP contribution in [-0.4, -0.2) is 42.7 Å². The molecule has 0 radical (unpaired) electrons. The minimum atomic E-state index is -3.54. The lowest BCUT2D eigenvalue weighted by Crippen LogP contribution is -2.18. The highest BCUT2D eigenvalue weighted by Gasteiger charge is 2.18. The molecule has 2 N–H and O–H groups in total. The van der Waals surface area contributed by atoms with Crippen molar-refractivity contribution in [3.05, 3.63) is 42.0 Å². The van der Waals surface area contributed by atoms with E-state index < -0.39 is 15.9 Å². The summed E-state index contributed by atoms with van der Waals surface area (Å²) in [6, 6.07) is 8.84. The molecule has 8 nitrogen and oxygen atoms in total. The fourth-order valence-electron chi connectivity index (χ4n) is 2.24. The summed E-state index contributed by atoms with van der Waals surface area (Å²) in [5.41, 5.74) is 0.680. The predicted octanol–water partition coefficient (Wildman–Crippen LogP) is 1.87. The molecule has 0 aromatic heterocycles. The summed E-state index contributed by atoms with van der Waals surface area (Å²) in [6.07, 6.45) is 0. The molecule has 0 saturated carbocycles. The number of carbonyl (C=O) groups is 1. The van der Waals surface area contributed by atoms with E-state index in [1.165, 1.54) is 58.7 Å². The van der Waals surface area contributed by atoms with Crippen molar-refractivity contribution in [1.29, 1.82) is 0 Å². The maximum atomic E-state index is 12.6. The second kappa shape index (κ2) is 8.07. The van der Waals surface area contributed by atoms with Gasteiger partial charge in [0, 0.05) is 17.8 Å². The van der Waals surface area contributed by atoms with Crippen molar-refractivity contribution in [2.45, 2.75) is 4.90 Å². The van der Waals surface area contributed by atoms with Gasteiger partial charge in [0.15, 0.2) is 11.5 Å². The molecular formula is C17H20N2O6S. The normalized spacial score (nSPS) is 10.9. The fraction of sp³-hybridized carbons (Fsp3) is 0.235. The van der Waals surface area contributed by atoms with Gasteiger partial charge < -0.3 is 19.5 Å². The first-order chi connectivity index (χ1) is 12.4. The molecule has 0 saturated heterocycles. The smallest absolute Gasteiger partial charge is 0.259 e. The van der Waals surface area contributed by atoms with Gasteiger partial charge in [-0.15, -0.1) is 0 Å². The third-order valence-corrected chi connectivity index (χ3v) is 5.07. The van der Waals surface area contributed by atoms with Crippen LogP contribution < -0.4 is 24.2 Å². The van der Waals surface area contributed by atoms with E-state index in [1.54, 1.807) is 6.07 Å². The highest BCUT2D eigenvalue weighted by molar-refractivity contribution is 7.89. The summed E-state index contributed by atoms with van der Waals surface area (Å²) in [7, 11) is 2.18. The first-order valence-electron chi connectivity index (χ1n) is 7.51. The first-order valence-corrected chi connectivity index (χ1v) is 8.99. The van der Waals surface area contributed by atoms with Crippen LogP contribution in [0, 0.1) is 0 Å². The Labute approximate surface area is 152 Å². The van der Waals surface area contributed by atoms with Crippen molar-refractivity contribution in [2.75, 3.05) is 33.7 Å². The van der Waals surface area contributed by atoms with Gasteiger partial charge in [-0.05, 0) is 31.3 Å². The SMILES string of the molecule is CNS(=O)(=O)c1ccc(NC(=O)c2cc(OC)c(OC)cc2OC)cc1. The van der Waals surface area contributed by atoms with Gasteiger partial charge in [0.05, 0.1) is 31.8 Å². The van der Waals surface area contributed by atoms with Crippen LogP contribution in [0.2, 0.25) is 0 Å². The summed E-state index contributed by atoms with van der Waals surface area (Å²) in [5, 5.41) is 2.69. The summed E-state index contributed by atoms with van der Waals surface area (Å²) in [6.45, 7) is 0. The maximum absolute atomic E-state index is 12.6. The number of hydrogen-bond acceptors (Lipinski definition) is 6. The molecule has 0 aliphatic rings. The van der Waals surface area contributed by atoms with E-state index in [-0.39, 0.29) is 10.5 Å². The van der Waals surface area contributed by atoms with Gasteiger partial charge in [0.25, 0.3) is 5.91 Å². The van der Waals surface area contributed by atoms with Gasteiger partial charge in [-0.2, -0.15) is 0 Å². The molecule has 0 atom stereocenters. The molecule has 0 aliphatic heterocycles. The highest BCUT2D eigenvalue weighted by Crippen LogP contribution is 2.35. The van der Waals surface area contributed by atoms with Crippen LogP contribution in [0.1, 0.15) is 10.4 Å². The number of ether oxygens (including phenoxy) is 3. The van der Waals surface area contributed by atoms with Crippen molar-refractivity contribution in [1.82, 2.24) is 4.72 Å². The van der Waals surface area contributed by atoms with Gasteiger partial charge in [0.1, 0.15) is 5.75 Å². The number of benzene rings is 2. The number of amides is 1. The molecule has 2 aromatic rings. The Bertz CT molecular complexity index is 894. The van der Waals surface area contributed by atoms with E-state index in [9.17, 15) is 13.2 Å². The molecule has 0 spiro atoms. The number of rotatable bonds is 7. The van der Waals surface area contributed by atoms with Crippen LogP contribution in [0.3, 0.4) is 0 Å². The minimum Gasteiger partial charge on any atom is -0.496 e. The van der Waals surface area contributed by atoms with Crippen LogP contribution in [0.15, 0.2) is 41.3 Å². The van der Waals surface area contributed by atoms with Gasteiger partial charge in [-0.3, -0.25) is 4.79 Å². The Hall–Kier alpha value is -2.78. The molecule has 2 aromatic carbocycles. The van der Waals surface area contributed by atoms with E-state index in [1.807, 2.05) is 0 Å². The second-order valence-corrected chi connectivity index (χ2v) is 6.98. The largest absolute Gasteiger partial charge is 0.496 e. The van der Waals surface area contributed by atoms with Crippen LogP contribution in [0.5, 0.6) is 17.2 Å². The Morgan fingerprint density at radius 1 is 0.885 bits per heavy atom. The molecule has 0 aliphatic carbocycles. The summed E-state index contributed by atoms with van der Waals surface area (Å²) < 4.78 is 41.3. The van der Waals surface area contributed by atoms with E-state index in [0.29, 0.717) is 22.9 Å². The average molecular weight is 380 g/mol. The number of sulfonamides is 1. The summed E-state index contributed by atoms with van der Waals surface area (Å²) >= 11 is 0. The van der Waals surface area contributed by atoms with Crippen molar-refractivity contribution in [3.63, 3.8) is 0 Å². The lowest BCUT2D eigenvalue weighted by atomic mass is 10.1. The Kier molecular flexibility index (Phi) is 6.06. The van der Waals surface area contributed by atoms with Crippen LogP contribution in [0.4, 0.5) is 5.69 Å². The molecule has 140 valence electrons. The topological polar surface area (TPSA) is 103 Å². The molecular weight excluding hydrogens is 360 g/mol. The molecule has 26 heavy (non-hydrogen) atoms. The van der Waals surface area contributed by atoms with Crippen molar-refractivity contribution < 1.29 is 27.4 Å². The van der Waals surface area contributed by atoms with Crippen molar-refractivity contribution in [2.24, 2.45) is 0 Å². The van der Waals surface area contributed by atoms with Gasteiger partial charge >= 0.3 is 0 Å². The molecule has 0 heterocycles. The van der Waals surface area contributed by atoms with Crippen molar-refractivity contribution in [3.8, 4) is 17.2 Å². The summed E-state index contributed by atoms with van der Waals surface area (Å²) in [5.74, 6) is 0.693. The molecule has 9 heteroatoms. The van der Waals surface area contributed by atoms with Gasteiger partial charge in [-0.1, -0.05) is 0 Å². The van der Waals surface area contributed by atoms with Crippen LogP contribution >= 0.6 is 0 Å². The van der Waals surface area contributed by atoms with E-state index >= 15 is 0 Å². The standard InChI is InChI=1S/C17H20N2O6S/c1-18-26(21,22)12-7-5-11(6-8-12)19-17(20)13-9-15(24-3)16(25-4)10-14(13)23-2/h5-10,18H,1-4H3,(H,19,20). The average Bonchev–Trinajstić information content (AvgIpc) is 2.67. The number of hydrogen-bond donors (Lipinski definition) is 2. The molecule has 2 rings (SSSR count). The van der Waals surface area contributed by atoms with Crippen LogP contribution in [0.25, 0.3) is 0 Å². The zero-order chi connectivity index (χ0) is 19.3. The van der Waals surface area contributed by atoms with E-state index in [2.05, 4.69) is 10.0 Å². The lowest BCUT2D eigenvalue weighted by molar-refractivity contribution is 0.102. The number of anilines is 1. The van der Waals surface area contributed by atoms with E-state index in [0.717, 1.165) is 0 Å². The number of nitrogens with one attached hydrogen (secondary N) is 2. The van der Waals surface area contributed by atoms with Gasteiger partial charge in [-0.25, -0.2) is 13.1 Å². The summed E-state index contributed by atoms with van der Waals surface area (Å²) in [4.78, 5) is 12.7. The minimum absolute atomic E-state index is 0.0988. The fourth-order valence-corrected chi connectivity index (χ4v) is 2.97. The second-order valence-electron chi connectivity index (χ2n) is 5.09. The Balaban J connectivity index is 2.30. The van der Waals surface area contributed by atoms with E-state index in [4.69, 9.17) is 14.2 Å². The monoisotopic (exact) mass is 380 g/mol. The molecule has 0 bridgehead atoms. The quantitative estimate of drug-likeness (QED) is 0.760. The zero-order valence-corrected chi connectivity index (χ0v) is 15.6. The molecule has 0 fully saturated rings. The third-order valence-electron chi connectivity index (χ3n) is 3.64. The number of methoxy groups -OCH3 is 3. The van der Waals surface area contributed by atoms with Crippen LogP contribution in [-0.2, 0) is 10.0 Å². The number of carbonyl (C=O) groups excluding carboxylic acids is 1. The maximum Gasteiger partial charge on any atom is 0.259 e. The third kappa shape index (κ3) is 4.06. The lowest BCUT2D eigenvalue weighted by Gasteiger charge is -2.14. The Morgan fingerprint density at radius 2 is 1.42 bits per heavy atom. The predicted molar refractivity (Wildman–Crippen MR) is 96.7 cm³/mol. The van der Waals surface area contributed by atoms with Gasteiger partial charge in [0.2, 0.25) is 10.0 Å². The zero-order valence-electron chi connectivity index (χ0n) is 14.8. The first kappa shape index (κ1) is 19.5. The Morgan fingerprint density at radius 3 is 1.92 bits per heavy atom. The van der Waals surface area contributed by atoms with Crippen molar-refractivity contribution >= 4 is 21.6 Å².